The first-order chi connectivity index (χ1) is 12.9. The van der Waals surface area contributed by atoms with E-state index in [2.05, 4.69) is 15.1 Å². The van der Waals surface area contributed by atoms with Crippen molar-refractivity contribution in [2.75, 3.05) is 19.0 Å². The zero-order chi connectivity index (χ0) is 19.3. The molecule has 0 fully saturated rings. The molecule has 1 aliphatic rings. The predicted octanol–water partition coefficient (Wildman–Crippen LogP) is 3.70. The van der Waals surface area contributed by atoms with Crippen LogP contribution in [0.3, 0.4) is 0 Å². The summed E-state index contributed by atoms with van der Waals surface area (Å²) in [6.07, 6.45) is 1.71. The Balaban J connectivity index is 1.86. The Kier molecular flexibility index (Phi) is 4.15. The molecule has 140 valence electrons. The number of halogens is 1. The number of carbonyl (C=O) groups is 1. The zero-order valence-corrected chi connectivity index (χ0v) is 16.2. The molecule has 4 rings (SSSR count). The van der Waals surface area contributed by atoms with Crippen molar-refractivity contribution in [3.63, 3.8) is 0 Å². The third-order valence-electron chi connectivity index (χ3n) is 4.42. The summed E-state index contributed by atoms with van der Waals surface area (Å²) in [5, 5.41) is 4.63. The molecule has 0 aliphatic carbocycles. The van der Waals surface area contributed by atoms with E-state index in [1.165, 1.54) is 4.90 Å². The Morgan fingerprint density at radius 3 is 2.74 bits per heavy atom. The van der Waals surface area contributed by atoms with Crippen LogP contribution in [-0.4, -0.2) is 44.7 Å². The van der Waals surface area contributed by atoms with Crippen LogP contribution in [0.1, 0.15) is 31.4 Å². The summed E-state index contributed by atoms with van der Waals surface area (Å²) in [5.41, 5.74) is 2.97. The van der Waals surface area contributed by atoms with Gasteiger partial charge in [-0.15, -0.1) is 0 Å². The largest absolute Gasteiger partial charge is 0.339 e. The van der Waals surface area contributed by atoms with Gasteiger partial charge in [0.1, 0.15) is 12.0 Å². The van der Waals surface area contributed by atoms with E-state index in [1.54, 1.807) is 37.5 Å². The van der Waals surface area contributed by atoms with Crippen molar-refractivity contribution in [1.29, 1.82) is 0 Å². The molecule has 0 saturated heterocycles. The molecule has 3 heterocycles. The van der Waals surface area contributed by atoms with E-state index in [4.69, 9.17) is 16.1 Å². The number of carbonyl (C=O) groups excluding carboxylic acids is 1. The van der Waals surface area contributed by atoms with Gasteiger partial charge in [0.25, 0.3) is 0 Å². The Hall–Kier alpha value is -2.87. The molecule has 3 aromatic rings. The molecule has 27 heavy (non-hydrogen) atoms. The highest BCUT2D eigenvalue weighted by molar-refractivity contribution is 6.31. The van der Waals surface area contributed by atoms with Crippen LogP contribution in [0.4, 0.5) is 10.5 Å². The van der Waals surface area contributed by atoms with Gasteiger partial charge in [-0.1, -0.05) is 30.6 Å². The minimum absolute atomic E-state index is 0.124. The van der Waals surface area contributed by atoms with Crippen molar-refractivity contribution >= 4 is 23.3 Å². The maximum atomic E-state index is 12.8. The van der Waals surface area contributed by atoms with Gasteiger partial charge in [0, 0.05) is 25.0 Å². The lowest BCUT2D eigenvalue weighted by molar-refractivity contribution is 0.223. The third-order valence-corrected chi connectivity index (χ3v) is 4.66. The fraction of sp³-hybridized carbons (Fsp3) is 0.333. The second-order valence-corrected chi connectivity index (χ2v) is 7.35. The summed E-state index contributed by atoms with van der Waals surface area (Å²) in [4.78, 5) is 24.9. The average molecular weight is 387 g/mol. The third kappa shape index (κ3) is 2.86. The number of nitrogens with zero attached hydrogens (tertiary/aromatic N) is 6. The first-order valence-corrected chi connectivity index (χ1v) is 8.93. The van der Waals surface area contributed by atoms with Crippen molar-refractivity contribution in [2.24, 2.45) is 0 Å². The number of benzene rings is 1. The van der Waals surface area contributed by atoms with Crippen LogP contribution in [-0.2, 0) is 6.54 Å². The summed E-state index contributed by atoms with van der Waals surface area (Å²) in [6, 6.07) is 5.30. The molecule has 1 aliphatic heterocycles. The number of aromatic nitrogens is 4. The van der Waals surface area contributed by atoms with Gasteiger partial charge in [-0.3, -0.25) is 9.47 Å². The SMILES string of the molecule is CC(C)c1nc(-c2ncn3c2CN(C(=O)N(C)C)c2cc(Cl)ccc2-3)no1. The normalized spacial score (nSPS) is 12.9. The lowest BCUT2D eigenvalue weighted by Gasteiger charge is -2.32. The van der Waals surface area contributed by atoms with Gasteiger partial charge in [0.15, 0.2) is 0 Å². The quantitative estimate of drug-likeness (QED) is 0.670. The Morgan fingerprint density at radius 1 is 1.30 bits per heavy atom. The van der Waals surface area contributed by atoms with Crippen molar-refractivity contribution in [2.45, 2.75) is 26.3 Å². The molecule has 0 N–H and O–H groups in total. The summed E-state index contributed by atoms with van der Waals surface area (Å²) in [6.45, 7) is 4.29. The highest BCUT2D eigenvalue weighted by Gasteiger charge is 2.31. The first kappa shape index (κ1) is 17.5. The summed E-state index contributed by atoms with van der Waals surface area (Å²) < 4.78 is 7.26. The summed E-state index contributed by atoms with van der Waals surface area (Å²) in [7, 11) is 3.43. The molecular weight excluding hydrogens is 368 g/mol. The molecule has 0 saturated carbocycles. The molecule has 9 heteroatoms. The fourth-order valence-electron chi connectivity index (χ4n) is 3.05. The highest BCUT2D eigenvalue weighted by atomic mass is 35.5. The van der Waals surface area contributed by atoms with E-state index >= 15 is 0 Å². The minimum Gasteiger partial charge on any atom is -0.339 e. The average Bonchev–Trinajstić information content (AvgIpc) is 3.26. The highest BCUT2D eigenvalue weighted by Crippen LogP contribution is 2.37. The second kappa shape index (κ2) is 6.38. The van der Waals surface area contributed by atoms with Crippen molar-refractivity contribution in [3.8, 4) is 17.2 Å². The van der Waals surface area contributed by atoms with Crippen LogP contribution in [0.2, 0.25) is 5.02 Å². The molecule has 8 nitrogen and oxygen atoms in total. The van der Waals surface area contributed by atoms with Crippen LogP contribution >= 0.6 is 11.6 Å². The van der Waals surface area contributed by atoms with Gasteiger partial charge >= 0.3 is 6.03 Å². The van der Waals surface area contributed by atoms with Gasteiger partial charge in [0.05, 0.1) is 23.6 Å². The van der Waals surface area contributed by atoms with Crippen molar-refractivity contribution in [3.05, 3.63) is 41.1 Å². The maximum absolute atomic E-state index is 12.8. The monoisotopic (exact) mass is 386 g/mol. The minimum atomic E-state index is -0.145. The van der Waals surface area contributed by atoms with Crippen LogP contribution < -0.4 is 4.90 Å². The Bertz CT molecular complexity index is 1020. The lowest BCUT2D eigenvalue weighted by atomic mass is 10.1. The number of urea groups is 1. The number of rotatable bonds is 2. The van der Waals surface area contributed by atoms with Crippen LogP contribution in [0.15, 0.2) is 29.0 Å². The van der Waals surface area contributed by atoms with Gasteiger partial charge in [-0.05, 0) is 18.2 Å². The maximum Gasteiger partial charge on any atom is 0.324 e. The number of hydrogen-bond donors (Lipinski definition) is 0. The van der Waals surface area contributed by atoms with E-state index in [-0.39, 0.29) is 11.9 Å². The summed E-state index contributed by atoms with van der Waals surface area (Å²) >= 11 is 6.18. The van der Waals surface area contributed by atoms with Gasteiger partial charge in [0.2, 0.25) is 11.7 Å². The predicted molar refractivity (Wildman–Crippen MR) is 101 cm³/mol. The molecule has 1 aromatic carbocycles. The molecule has 0 radical (unpaired) electrons. The van der Waals surface area contributed by atoms with Crippen molar-refractivity contribution < 1.29 is 9.32 Å². The van der Waals surface area contributed by atoms with Crippen LogP contribution in [0.25, 0.3) is 17.2 Å². The Labute approximate surface area is 161 Å². The van der Waals surface area contributed by atoms with Crippen molar-refractivity contribution in [1.82, 2.24) is 24.6 Å². The number of amides is 2. The molecule has 0 unspecified atom stereocenters. The zero-order valence-electron chi connectivity index (χ0n) is 15.5. The van der Waals surface area contributed by atoms with Crippen LogP contribution in [0, 0.1) is 0 Å². The van der Waals surface area contributed by atoms with Gasteiger partial charge < -0.3 is 9.42 Å². The number of anilines is 1. The van der Waals surface area contributed by atoms with Gasteiger partial charge in [-0.2, -0.15) is 4.98 Å². The van der Waals surface area contributed by atoms with E-state index in [0.717, 1.165) is 17.1 Å². The topological polar surface area (TPSA) is 80.3 Å². The number of hydrogen-bond acceptors (Lipinski definition) is 5. The standard InChI is InChI=1S/C18H19ClN6O2/c1-10(2)17-21-16(22-27-17)15-14-8-24(18(26)23(3)4)13-7-11(19)5-6-12(13)25(14)9-20-15/h5-7,9-10H,8H2,1-4H3. The Morgan fingerprint density at radius 2 is 2.07 bits per heavy atom. The van der Waals surface area contributed by atoms with E-state index in [0.29, 0.717) is 29.0 Å². The van der Waals surface area contributed by atoms with E-state index in [9.17, 15) is 4.79 Å². The van der Waals surface area contributed by atoms with Gasteiger partial charge in [-0.25, -0.2) is 9.78 Å². The molecule has 0 spiro atoms. The van der Waals surface area contributed by atoms with E-state index < -0.39 is 0 Å². The molecule has 0 atom stereocenters. The lowest BCUT2D eigenvalue weighted by Crippen LogP contribution is -2.41. The second-order valence-electron chi connectivity index (χ2n) is 6.92. The molecule has 2 aromatic heterocycles. The smallest absolute Gasteiger partial charge is 0.324 e. The molecular formula is C18H19ClN6O2. The number of imidazole rings is 1. The van der Waals surface area contributed by atoms with Crippen LogP contribution in [0.5, 0.6) is 0 Å². The fourth-order valence-corrected chi connectivity index (χ4v) is 3.21. The molecule has 2 amide bonds. The van der Waals surface area contributed by atoms with E-state index in [1.807, 2.05) is 24.5 Å². The number of fused-ring (bicyclic) bond motifs is 3. The summed E-state index contributed by atoms with van der Waals surface area (Å²) in [5.74, 6) is 1.09. The first-order valence-electron chi connectivity index (χ1n) is 8.55. The molecule has 0 bridgehead atoms.